The molecule has 1 atom stereocenters. The van der Waals surface area contributed by atoms with Crippen LogP contribution in [0.15, 0.2) is 48.5 Å². The number of aryl methyl sites for hydroxylation is 2. The Bertz CT molecular complexity index is 1140. The summed E-state index contributed by atoms with van der Waals surface area (Å²) in [6.07, 6.45) is 1.38. The number of aromatic nitrogens is 2. The molecule has 1 amide bonds. The van der Waals surface area contributed by atoms with Crippen LogP contribution in [-0.2, 0) is 24.2 Å². The number of aliphatic hydroxyl groups is 1. The van der Waals surface area contributed by atoms with E-state index in [-0.39, 0.29) is 12.7 Å². The van der Waals surface area contributed by atoms with Gasteiger partial charge in [-0.3, -0.25) is 0 Å². The first kappa shape index (κ1) is 26.7. The van der Waals surface area contributed by atoms with Crippen LogP contribution in [0.4, 0.5) is 10.6 Å². The topological polar surface area (TPSA) is 102 Å². The van der Waals surface area contributed by atoms with Crippen LogP contribution in [0.1, 0.15) is 37.2 Å². The van der Waals surface area contributed by atoms with Crippen LogP contribution in [-0.4, -0.2) is 45.3 Å². The zero-order valence-corrected chi connectivity index (χ0v) is 21.4. The Labute approximate surface area is 215 Å². The van der Waals surface area contributed by atoms with E-state index in [1.165, 1.54) is 4.90 Å². The summed E-state index contributed by atoms with van der Waals surface area (Å²) in [6.45, 7) is 5.26. The molecule has 35 heavy (non-hydrogen) atoms. The van der Waals surface area contributed by atoms with Gasteiger partial charge in [0.1, 0.15) is 12.4 Å². The van der Waals surface area contributed by atoms with Crippen molar-refractivity contribution in [2.45, 2.75) is 45.8 Å². The number of carbonyl (C=O) groups is 1. The molecule has 0 aliphatic carbocycles. The van der Waals surface area contributed by atoms with Crippen molar-refractivity contribution in [1.82, 2.24) is 14.9 Å². The number of hydrogen-bond acceptors (Lipinski definition) is 6. The first-order valence-electron chi connectivity index (χ1n) is 11.6. The molecule has 1 fully saturated rings. The number of aliphatic hydroxyl groups excluding tert-OH is 1. The molecule has 1 aliphatic rings. The van der Waals surface area contributed by atoms with E-state index in [0.717, 1.165) is 41.1 Å². The second kappa shape index (κ2) is 12.7. The van der Waals surface area contributed by atoms with Crippen LogP contribution in [0.2, 0.25) is 10.0 Å². The molecule has 4 rings (SSSR count). The van der Waals surface area contributed by atoms with E-state index in [4.69, 9.17) is 33.7 Å². The number of β-amino-alcohol motifs (C(OH)–C–C–N with tert-alkyl or cyclic N) is 1. The van der Waals surface area contributed by atoms with Gasteiger partial charge in [-0.15, -0.1) is 0 Å². The van der Waals surface area contributed by atoms with Crippen molar-refractivity contribution in [2.24, 2.45) is 0 Å². The number of amides is 1. The minimum Gasteiger partial charge on any atom is -0.445 e. The predicted molar refractivity (Wildman–Crippen MR) is 139 cm³/mol. The highest BCUT2D eigenvalue weighted by Crippen LogP contribution is 2.32. The molecule has 3 N–H and O–H groups in total. The SMILES string of the molecule is CCc1nc(-c2ccc(Cl)cc2Cl)c(CC)nc1N.O=C(OCc1ccccc1)N1CCC(O)C1. The number of ether oxygens (including phenoxy) is 1. The molecule has 2 heterocycles. The Morgan fingerprint density at radius 2 is 1.83 bits per heavy atom. The largest absolute Gasteiger partial charge is 0.445 e. The lowest BCUT2D eigenvalue weighted by Gasteiger charge is -2.15. The first-order valence-corrected chi connectivity index (χ1v) is 12.3. The third-order valence-electron chi connectivity index (χ3n) is 5.55. The number of nitrogens with zero attached hydrogens (tertiary/aromatic N) is 3. The minimum absolute atomic E-state index is 0.284. The standard InChI is InChI=1S/C14H15Cl2N3.C12H15NO3/c1-3-11-13(18-12(4-2)14(17)19-11)9-6-5-8(15)7-10(9)16;14-11-6-7-13(8-11)12(15)16-9-10-4-2-1-3-5-10/h5-7H,3-4H2,1-2H3,(H2,17,19);1-5,11,14H,6-9H2. The number of hydrogen-bond donors (Lipinski definition) is 2. The second-order valence-corrected chi connectivity index (χ2v) is 8.95. The maximum atomic E-state index is 11.6. The Morgan fingerprint density at radius 1 is 1.11 bits per heavy atom. The van der Waals surface area contributed by atoms with Gasteiger partial charge >= 0.3 is 6.09 Å². The van der Waals surface area contributed by atoms with Crippen LogP contribution in [0.25, 0.3) is 11.3 Å². The number of rotatable bonds is 5. The molecule has 3 aromatic rings. The summed E-state index contributed by atoms with van der Waals surface area (Å²) in [5.74, 6) is 0.494. The lowest BCUT2D eigenvalue weighted by molar-refractivity contribution is 0.0971. The van der Waals surface area contributed by atoms with Gasteiger partial charge in [0.2, 0.25) is 0 Å². The van der Waals surface area contributed by atoms with Gasteiger partial charge in [-0.1, -0.05) is 67.4 Å². The predicted octanol–water partition coefficient (Wildman–Crippen LogP) is 5.55. The van der Waals surface area contributed by atoms with E-state index in [0.29, 0.717) is 35.4 Å². The summed E-state index contributed by atoms with van der Waals surface area (Å²) in [6, 6.07) is 14.9. The fourth-order valence-corrected chi connectivity index (χ4v) is 4.14. The number of benzene rings is 2. The van der Waals surface area contributed by atoms with Crippen LogP contribution in [0.3, 0.4) is 0 Å². The molecule has 0 radical (unpaired) electrons. The Morgan fingerprint density at radius 3 is 2.43 bits per heavy atom. The molecule has 1 saturated heterocycles. The molecule has 0 spiro atoms. The normalized spacial score (nSPS) is 14.9. The quantitative estimate of drug-likeness (QED) is 0.461. The lowest BCUT2D eigenvalue weighted by atomic mass is 10.1. The molecular formula is C26H30Cl2N4O3. The fourth-order valence-electron chi connectivity index (χ4n) is 3.64. The third-order valence-corrected chi connectivity index (χ3v) is 6.10. The zero-order chi connectivity index (χ0) is 25.4. The molecule has 1 unspecified atom stereocenters. The van der Waals surface area contributed by atoms with Gasteiger partial charge in [-0.2, -0.15) is 0 Å². The first-order chi connectivity index (χ1) is 16.8. The molecular weight excluding hydrogens is 487 g/mol. The van der Waals surface area contributed by atoms with Crippen molar-refractivity contribution in [1.29, 1.82) is 0 Å². The summed E-state index contributed by atoms with van der Waals surface area (Å²) in [5.41, 5.74) is 10.1. The van der Waals surface area contributed by atoms with Gasteiger partial charge in [0.05, 0.1) is 28.2 Å². The molecule has 0 bridgehead atoms. The van der Waals surface area contributed by atoms with Crippen molar-refractivity contribution in [3.63, 3.8) is 0 Å². The average Bonchev–Trinajstić information content (AvgIpc) is 3.30. The molecule has 2 aromatic carbocycles. The minimum atomic E-state index is -0.399. The highest BCUT2D eigenvalue weighted by Gasteiger charge is 2.25. The maximum absolute atomic E-state index is 11.6. The van der Waals surface area contributed by atoms with E-state index in [1.54, 1.807) is 12.1 Å². The van der Waals surface area contributed by atoms with E-state index < -0.39 is 6.10 Å². The number of halogens is 2. The summed E-state index contributed by atoms with van der Waals surface area (Å²) in [7, 11) is 0. The zero-order valence-electron chi connectivity index (χ0n) is 19.9. The van der Waals surface area contributed by atoms with Gasteiger partial charge < -0.3 is 20.5 Å². The monoisotopic (exact) mass is 516 g/mol. The fraction of sp³-hybridized carbons (Fsp3) is 0.346. The molecule has 186 valence electrons. The highest BCUT2D eigenvalue weighted by molar-refractivity contribution is 6.36. The highest BCUT2D eigenvalue weighted by atomic mass is 35.5. The maximum Gasteiger partial charge on any atom is 0.410 e. The van der Waals surface area contributed by atoms with E-state index in [2.05, 4.69) is 9.97 Å². The Kier molecular flexibility index (Phi) is 9.72. The summed E-state index contributed by atoms with van der Waals surface area (Å²) in [5, 5.41) is 10.5. The van der Waals surface area contributed by atoms with Crippen LogP contribution < -0.4 is 5.73 Å². The lowest BCUT2D eigenvalue weighted by Crippen LogP contribution is -2.30. The van der Waals surface area contributed by atoms with Crippen LogP contribution in [0.5, 0.6) is 0 Å². The van der Waals surface area contributed by atoms with E-state index >= 15 is 0 Å². The van der Waals surface area contributed by atoms with E-state index in [9.17, 15) is 9.90 Å². The molecule has 9 heteroatoms. The molecule has 1 aliphatic heterocycles. The summed E-state index contributed by atoms with van der Waals surface area (Å²) < 4.78 is 5.14. The van der Waals surface area contributed by atoms with Crippen LogP contribution >= 0.6 is 23.2 Å². The summed E-state index contributed by atoms with van der Waals surface area (Å²) in [4.78, 5) is 22.1. The van der Waals surface area contributed by atoms with Crippen molar-refractivity contribution in [2.75, 3.05) is 18.8 Å². The third kappa shape index (κ3) is 7.31. The molecule has 0 saturated carbocycles. The number of anilines is 1. The number of carbonyl (C=O) groups excluding carboxylic acids is 1. The van der Waals surface area contributed by atoms with Crippen molar-refractivity contribution in [3.05, 3.63) is 75.5 Å². The molecule has 7 nitrogen and oxygen atoms in total. The smallest absolute Gasteiger partial charge is 0.410 e. The van der Waals surface area contributed by atoms with Gasteiger partial charge in [-0.25, -0.2) is 14.8 Å². The van der Waals surface area contributed by atoms with Gasteiger partial charge in [0.25, 0.3) is 0 Å². The number of nitrogens with two attached hydrogens (primary N) is 1. The summed E-state index contributed by atoms with van der Waals surface area (Å²) >= 11 is 12.2. The van der Waals surface area contributed by atoms with E-state index in [1.807, 2.05) is 50.2 Å². The van der Waals surface area contributed by atoms with Crippen LogP contribution in [0, 0.1) is 0 Å². The number of nitrogen functional groups attached to an aromatic ring is 1. The number of likely N-dealkylation sites (tertiary alicyclic amines) is 1. The molecule has 1 aromatic heterocycles. The Balaban J connectivity index is 0.000000198. The van der Waals surface area contributed by atoms with Gasteiger partial charge in [0.15, 0.2) is 0 Å². The second-order valence-electron chi connectivity index (χ2n) is 8.11. The van der Waals surface area contributed by atoms with Gasteiger partial charge in [-0.05, 0) is 43.0 Å². The average molecular weight is 517 g/mol. The van der Waals surface area contributed by atoms with Gasteiger partial charge in [0, 0.05) is 23.7 Å². The Hall–Kier alpha value is -2.87. The van der Waals surface area contributed by atoms with Crippen molar-refractivity contribution >= 4 is 35.1 Å². The van der Waals surface area contributed by atoms with Crippen molar-refractivity contribution < 1.29 is 14.6 Å². The van der Waals surface area contributed by atoms with Crippen molar-refractivity contribution in [3.8, 4) is 11.3 Å².